The number of carbonyl (C=O) groups excluding carboxylic acids is 1. The van der Waals surface area contributed by atoms with Crippen LogP contribution in [0.25, 0.3) is 15.9 Å². The summed E-state index contributed by atoms with van der Waals surface area (Å²) >= 11 is 1.47. The van der Waals surface area contributed by atoms with Crippen molar-refractivity contribution in [1.82, 2.24) is 24.9 Å². The van der Waals surface area contributed by atoms with E-state index >= 15 is 0 Å². The number of benzene rings is 1. The van der Waals surface area contributed by atoms with Gasteiger partial charge in [-0.05, 0) is 45.4 Å². The van der Waals surface area contributed by atoms with Gasteiger partial charge in [0.25, 0.3) is 5.91 Å². The van der Waals surface area contributed by atoms with Crippen molar-refractivity contribution >= 4 is 33.1 Å². The molecule has 0 fully saturated rings. The van der Waals surface area contributed by atoms with Crippen molar-refractivity contribution in [2.24, 2.45) is 0 Å². The summed E-state index contributed by atoms with van der Waals surface area (Å²) < 4.78 is 1.72. The maximum atomic E-state index is 13.0. The SMILES string of the molecule is Cc1cc(C)c2nc(C)cc(C(=O)NC(C)c3cn4ncsc4n3)c2c1. The molecule has 0 aliphatic heterocycles. The third kappa shape index (κ3) is 2.84. The lowest BCUT2D eigenvalue weighted by Gasteiger charge is -2.14. The maximum Gasteiger partial charge on any atom is 0.252 e. The van der Waals surface area contributed by atoms with E-state index in [4.69, 9.17) is 0 Å². The fraction of sp³-hybridized carbons (Fsp3) is 0.263. The lowest BCUT2D eigenvalue weighted by molar-refractivity contribution is 0.0940. The van der Waals surface area contributed by atoms with Crippen molar-refractivity contribution in [3.63, 3.8) is 0 Å². The molecule has 1 N–H and O–H groups in total. The summed E-state index contributed by atoms with van der Waals surface area (Å²) in [5.74, 6) is -0.123. The van der Waals surface area contributed by atoms with Crippen molar-refractivity contribution in [3.05, 3.63) is 58.0 Å². The fourth-order valence-electron chi connectivity index (χ4n) is 3.21. The third-order valence-corrected chi connectivity index (χ3v) is 5.11. The van der Waals surface area contributed by atoms with Gasteiger partial charge in [-0.2, -0.15) is 5.10 Å². The number of amides is 1. The second-order valence-corrected chi connectivity index (χ2v) is 7.43. The topological polar surface area (TPSA) is 72.2 Å². The van der Waals surface area contributed by atoms with E-state index in [1.54, 1.807) is 10.0 Å². The highest BCUT2D eigenvalue weighted by atomic mass is 32.1. The Morgan fingerprint density at radius 1 is 1.19 bits per heavy atom. The molecule has 3 aromatic heterocycles. The van der Waals surface area contributed by atoms with Crippen LogP contribution in [0.4, 0.5) is 0 Å². The largest absolute Gasteiger partial charge is 0.344 e. The standard InChI is InChI=1S/C19H19N5OS/c1-10-5-11(2)17-14(6-10)15(7-12(3)21-17)18(25)22-13(4)16-8-24-19(23-16)26-9-20-24/h5-9,13H,1-4H3,(H,22,25). The summed E-state index contributed by atoms with van der Waals surface area (Å²) in [7, 11) is 0. The van der Waals surface area contributed by atoms with Gasteiger partial charge in [0.15, 0.2) is 0 Å². The number of hydrogen-bond acceptors (Lipinski definition) is 5. The number of aromatic nitrogens is 4. The molecular weight excluding hydrogens is 346 g/mol. The second-order valence-electron chi connectivity index (χ2n) is 6.62. The van der Waals surface area contributed by atoms with E-state index in [0.717, 1.165) is 38.4 Å². The molecule has 4 rings (SSSR count). The zero-order valence-electron chi connectivity index (χ0n) is 15.1. The molecule has 1 atom stereocenters. The van der Waals surface area contributed by atoms with Crippen molar-refractivity contribution in [2.75, 3.05) is 0 Å². The average molecular weight is 365 g/mol. The minimum Gasteiger partial charge on any atom is -0.344 e. The monoisotopic (exact) mass is 365 g/mol. The normalized spacial score (nSPS) is 12.6. The average Bonchev–Trinajstić information content (AvgIpc) is 3.16. The molecule has 0 saturated carbocycles. The summed E-state index contributed by atoms with van der Waals surface area (Å²) in [6, 6.07) is 5.73. The molecule has 0 saturated heterocycles. The second kappa shape index (κ2) is 6.17. The smallest absolute Gasteiger partial charge is 0.252 e. The van der Waals surface area contributed by atoms with Gasteiger partial charge in [-0.25, -0.2) is 9.50 Å². The number of carbonyl (C=O) groups is 1. The molecule has 1 aromatic carbocycles. The van der Waals surface area contributed by atoms with E-state index in [-0.39, 0.29) is 11.9 Å². The Morgan fingerprint density at radius 3 is 2.77 bits per heavy atom. The number of aryl methyl sites for hydroxylation is 3. The number of nitrogens with zero attached hydrogens (tertiary/aromatic N) is 4. The van der Waals surface area contributed by atoms with Crippen molar-refractivity contribution in [2.45, 2.75) is 33.7 Å². The van der Waals surface area contributed by atoms with Crippen LogP contribution in [-0.4, -0.2) is 25.5 Å². The van der Waals surface area contributed by atoms with Gasteiger partial charge in [-0.3, -0.25) is 9.78 Å². The Labute approximate surface area is 154 Å². The van der Waals surface area contributed by atoms with Crippen molar-refractivity contribution in [1.29, 1.82) is 0 Å². The van der Waals surface area contributed by atoms with Crippen LogP contribution in [0, 0.1) is 20.8 Å². The molecule has 0 aliphatic rings. The van der Waals surface area contributed by atoms with E-state index in [9.17, 15) is 4.79 Å². The molecule has 0 spiro atoms. The van der Waals surface area contributed by atoms with E-state index < -0.39 is 0 Å². The Morgan fingerprint density at radius 2 is 2.00 bits per heavy atom. The van der Waals surface area contributed by atoms with Gasteiger partial charge in [-0.15, -0.1) is 0 Å². The molecule has 6 nitrogen and oxygen atoms in total. The van der Waals surface area contributed by atoms with Crippen LogP contribution in [0.15, 0.2) is 29.9 Å². The molecule has 3 heterocycles. The highest BCUT2D eigenvalue weighted by Gasteiger charge is 2.18. The van der Waals surface area contributed by atoms with Crippen LogP contribution < -0.4 is 5.32 Å². The molecule has 7 heteroatoms. The molecule has 0 radical (unpaired) electrons. The van der Waals surface area contributed by atoms with Crippen molar-refractivity contribution < 1.29 is 4.79 Å². The first-order chi connectivity index (χ1) is 12.4. The number of imidazole rings is 1. The number of pyridine rings is 1. The van der Waals surface area contributed by atoms with Gasteiger partial charge in [0.2, 0.25) is 4.96 Å². The Bertz CT molecular complexity index is 1120. The molecule has 132 valence electrons. The first-order valence-electron chi connectivity index (χ1n) is 8.40. The summed E-state index contributed by atoms with van der Waals surface area (Å²) in [4.78, 5) is 22.9. The Hall–Kier alpha value is -2.80. The summed E-state index contributed by atoms with van der Waals surface area (Å²) in [5.41, 5.74) is 7.07. The number of hydrogen-bond donors (Lipinski definition) is 1. The van der Waals surface area contributed by atoms with Gasteiger partial charge >= 0.3 is 0 Å². The first-order valence-corrected chi connectivity index (χ1v) is 9.28. The van der Waals surface area contributed by atoms with E-state index in [1.807, 2.05) is 46.0 Å². The molecule has 4 aromatic rings. The van der Waals surface area contributed by atoms with E-state index in [2.05, 4.69) is 26.4 Å². The Kier molecular flexibility index (Phi) is 3.96. The molecular formula is C19H19N5OS. The van der Waals surface area contributed by atoms with Crippen LogP contribution >= 0.6 is 11.3 Å². The van der Waals surface area contributed by atoms with Crippen LogP contribution in [0.3, 0.4) is 0 Å². The molecule has 1 unspecified atom stereocenters. The summed E-state index contributed by atoms with van der Waals surface area (Å²) in [5, 5.41) is 8.12. The van der Waals surface area contributed by atoms with Gasteiger partial charge in [0.05, 0.1) is 29.0 Å². The first kappa shape index (κ1) is 16.7. The third-order valence-electron chi connectivity index (χ3n) is 4.42. The molecule has 0 bridgehead atoms. The van der Waals surface area contributed by atoms with Gasteiger partial charge in [0.1, 0.15) is 5.51 Å². The quantitative estimate of drug-likeness (QED) is 0.600. The number of rotatable bonds is 3. The van der Waals surface area contributed by atoms with E-state index in [0.29, 0.717) is 5.56 Å². The minimum absolute atomic E-state index is 0.123. The van der Waals surface area contributed by atoms with Crippen LogP contribution in [0.2, 0.25) is 0 Å². The molecule has 26 heavy (non-hydrogen) atoms. The van der Waals surface area contributed by atoms with Gasteiger partial charge in [-0.1, -0.05) is 23.0 Å². The molecule has 1 amide bonds. The van der Waals surface area contributed by atoms with Crippen LogP contribution in [0.5, 0.6) is 0 Å². The molecule has 0 aliphatic carbocycles. The highest BCUT2D eigenvalue weighted by molar-refractivity contribution is 7.14. The lowest BCUT2D eigenvalue weighted by atomic mass is 10.0. The summed E-state index contributed by atoms with van der Waals surface area (Å²) in [6.07, 6.45) is 1.85. The fourth-order valence-corrected chi connectivity index (χ4v) is 3.82. The van der Waals surface area contributed by atoms with Gasteiger partial charge in [0, 0.05) is 11.1 Å². The zero-order chi connectivity index (χ0) is 18.4. The van der Waals surface area contributed by atoms with Crippen LogP contribution in [-0.2, 0) is 0 Å². The minimum atomic E-state index is -0.217. The van der Waals surface area contributed by atoms with Crippen LogP contribution in [0.1, 0.15) is 45.8 Å². The van der Waals surface area contributed by atoms with Crippen molar-refractivity contribution in [3.8, 4) is 0 Å². The highest BCUT2D eigenvalue weighted by Crippen LogP contribution is 2.24. The Balaban J connectivity index is 1.70. The predicted octanol–water partition coefficient (Wildman–Crippen LogP) is 3.76. The number of nitrogens with one attached hydrogen (secondary N) is 1. The number of fused-ring (bicyclic) bond motifs is 2. The predicted molar refractivity (Wildman–Crippen MR) is 103 cm³/mol. The summed E-state index contributed by atoms with van der Waals surface area (Å²) in [6.45, 7) is 7.89. The van der Waals surface area contributed by atoms with Gasteiger partial charge < -0.3 is 5.32 Å². The zero-order valence-corrected chi connectivity index (χ0v) is 15.9. The maximum absolute atomic E-state index is 13.0. The van der Waals surface area contributed by atoms with E-state index in [1.165, 1.54) is 11.3 Å². The lowest BCUT2D eigenvalue weighted by Crippen LogP contribution is -2.27.